The summed E-state index contributed by atoms with van der Waals surface area (Å²) in [7, 11) is 1.65. The van der Waals surface area contributed by atoms with Crippen LogP contribution in [-0.4, -0.2) is 58.8 Å². The Morgan fingerprint density at radius 3 is 2.38 bits per heavy atom. The number of amides is 2. The predicted octanol–water partition coefficient (Wildman–Crippen LogP) is 1.42. The smallest absolute Gasteiger partial charge is 0.335 e. The zero-order valence-electron chi connectivity index (χ0n) is 12.0. The van der Waals surface area contributed by atoms with Gasteiger partial charge in [-0.25, -0.2) is 9.59 Å². The van der Waals surface area contributed by atoms with Gasteiger partial charge < -0.3 is 20.0 Å². The van der Waals surface area contributed by atoms with E-state index in [1.165, 1.54) is 21.9 Å². The van der Waals surface area contributed by atoms with Gasteiger partial charge in [0.1, 0.15) is 0 Å². The number of carboxylic acid groups (broad SMARTS) is 1. The maximum absolute atomic E-state index is 12.2. The van der Waals surface area contributed by atoms with E-state index < -0.39 is 5.97 Å². The van der Waals surface area contributed by atoms with Gasteiger partial charge in [0, 0.05) is 26.7 Å². The van der Waals surface area contributed by atoms with Gasteiger partial charge in [-0.15, -0.1) is 6.58 Å². The Morgan fingerprint density at radius 2 is 1.90 bits per heavy atom. The summed E-state index contributed by atoms with van der Waals surface area (Å²) in [6.45, 7) is 4.44. The third-order valence-electron chi connectivity index (χ3n) is 2.94. The number of aliphatic hydroxyl groups excluding tert-OH is 1. The molecule has 0 atom stereocenters. The Kier molecular flexibility index (Phi) is 6.42. The molecule has 0 aliphatic heterocycles. The van der Waals surface area contributed by atoms with E-state index in [2.05, 4.69) is 6.58 Å². The molecular formula is C15H20N2O4. The number of hydrogen-bond donors (Lipinski definition) is 2. The summed E-state index contributed by atoms with van der Waals surface area (Å²) in [5, 5.41) is 17.8. The van der Waals surface area contributed by atoms with Crippen molar-refractivity contribution in [3.8, 4) is 0 Å². The van der Waals surface area contributed by atoms with Crippen molar-refractivity contribution in [1.82, 2.24) is 9.80 Å². The second-order valence-electron chi connectivity index (χ2n) is 4.60. The Labute approximate surface area is 123 Å². The van der Waals surface area contributed by atoms with E-state index in [4.69, 9.17) is 10.2 Å². The fraction of sp³-hybridized carbons (Fsp3) is 0.333. The molecule has 0 radical (unpaired) electrons. The van der Waals surface area contributed by atoms with Gasteiger partial charge in [-0.1, -0.05) is 18.2 Å². The number of carboxylic acids is 1. The number of nitrogens with zero attached hydrogens (tertiary/aromatic N) is 2. The highest BCUT2D eigenvalue weighted by atomic mass is 16.4. The first-order valence-electron chi connectivity index (χ1n) is 6.53. The quantitative estimate of drug-likeness (QED) is 0.745. The molecule has 0 aliphatic rings. The van der Waals surface area contributed by atoms with Crippen molar-refractivity contribution >= 4 is 12.0 Å². The van der Waals surface area contributed by atoms with Crippen LogP contribution >= 0.6 is 0 Å². The number of aliphatic hydroxyl groups is 1. The standard InChI is InChI=1S/C15H20N2O4/c1-3-8-17(9-10-18)15(21)16(2)11-12-4-6-13(7-5-12)14(19)20/h3-7,18H,1,8-11H2,2H3,(H,19,20). The molecule has 2 amide bonds. The van der Waals surface area contributed by atoms with Crippen LogP contribution in [0.3, 0.4) is 0 Å². The maximum atomic E-state index is 12.2. The molecule has 0 aliphatic carbocycles. The topological polar surface area (TPSA) is 81.1 Å². The summed E-state index contributed by atoms with van der Waals surface area (Å²) in [5.41, 5.74) is 1.04. The predicted molar refractivity (Wildman–Crippen MR) is 79.1 cm³/mol. The second-order valence-corrected chi connectivity index (χ2v) is 4.60. The summed E-state index contributed by atoms with van der Waals surface area (Å²) in [5.74, 6) is -0.980. The Morgan fingerprint density at radius 1 is 1.29 bits per heavy atom. The summed E-state index contributed by atoms with van der Waals surface area (Å²) < 4.78 is 0. The number of carbonyl (C=O) groups is 2. The molecule has 0 unspecified atom stereocenters. The molecule has 0 fully saturated rings. The summed E-state index contributed by atoms with van der Waals surface area (Å²) in [4.78, 5) is 26.0. The van der Waals surface area contributed by atoms with Crippen molar-refractivity contribution in [2.75, 3.05) is 26.7 Å². The van der Waals surface area contributed by atoms with Crippen LogP contribution in [-0.2, 0) is 6.54 Å². The monoisotopic (exact) mass is 292 g/mol. The number of benzene rings is 1. The maximum Gasteiger partial charge on any atom is 0.335 e. The van der Waals surface area contributed by atoms with Crippen LogP contribution in [0.1, 0.15) is 15.9 Å². The van der Waals surface area contributed by atoms with E-state index in [1.54, 1.807) is 25.3 Å². The average molecular weight is 292 g/mol. The SMILES string of the molecule is C=CCN(CCO)C(=O)N(C)Cc1ccc(C(=O)O)cc1. The first kappa shape index (κ1) is 16.7. The van der Waals surface area contributed by atoms with E-state index in [9.17, 15) is 9.59 Å². The number of aromatic carboxylic acids is 1. The highest BCUT2D eigenvalue weighted by Crippen LogP contribution is 2.08. The van der Waals surface area contributed by atoms with Gasteiger partial charge in [-0.3, -0.25) is 0 Å². The molecule has 21 heavy (non-hydrogen) atoms. The third kappa shape index (κ3) is 4.92. The van der Waals surface area contributed by atoms with Crippen molar-refractivity contribution in [2.24, 2.45) is 0 Å². The van der Waals surface area contributed by atoms with Crippen LogP contribution in [0, 0.1) is 0 Å². The van der Waals surface area contributed by atoms with Crippen molar-refractivity contribution in [1.29, 1.82) is 0 Å². The second kappa shape index (κ2) is 8.06. The third-order valence-corrected chi connectivity index (χ3v) is 2.94. The van der Waals surface area contributed by atoms with Crippen LogP contribution in [0.4, 0.5) is 4.79 Å². The molecule has 1 rings (SSSR count). The summed E-state index contributed by atoms with van der Waals surface area (Å²) >= 11 is 0. The summed E-state index contributed by atoms with van der Waals surface area (Å²) in [6.07, 6.45) is 1.60. The molecule has 2 N–H and O–H groups in total. The zero-order chi connectivity index (χ0) is 15.8. The average Bonchev–Trinajstić information content (AvgIpc) is 2.46. The van der Waals surface area contributed by atoms with Crippen LogP contribution in [0.25, 0.3) is 0 Å². The lowest BCUT2D eigenvalue weighted by molar-refractivity contribution is 0.0697. The molecule has 1 aromatic rings. The van der Waals surface area contributed by atoms with E-state index in [-0.39, 0.29) is 24.7 Å². The number of urea groups is 1. The molecular weight excluding hydrogens is 272 g/mol. The van der Waals surface area contributed by atoms with Gasteiger partial charge in [0.25, 0.3) is 0 Å². The van der Waals surface area contributed by atoms with Gasteiger partial charge in [-0.2, -0.15) is 0 Å². The molecule has 0 bridgehead atoms. The Bertz CT molecular complexity index is 499. The van der Waals surface area contributed by atoms with E-state index in [0.29, 0.717) is 13.1 Å². The van der Waals surface area contributed by atoms with Gasteiger partial charge in [0.2, 0.25) is 0 Å². The lowest BCUT2D eigenvalue weighted by Gasteiger charge is -2.26. The van der Waals surface area contributed by atoms with Crippen molar-refractivity contribution in [3.63, 3.8) is 0 Å². The zero-order valence-corrected chi connectivity index (χ0v) is 12.0. The molecule has 6 heteroatoms. The molecule has 0 spiro atoms. The van der Waals surface area contributed by atoms with Gasteiger partial charge in [0.15, 0.2) is 0 Å². The van der Waals surface area contributed by atoms with Crippen LogP contribution in [0.2, 0.25) is 0 Å². The van der Waals surface area contributed by atoms with Crippen molar-refractivity contribution in [2.45, 2.75) is 6.54 Å². The Balaban J connectivity index is 2.69. The largest absolute Gasteiger partial charge is 0.478 e. The fourth-order valence-corrected chi connectivity index (χ4v) is 1.88. The minimum Gasteiger partial charge on any atom is -0.478 e. The lowest BCUT2D eigenvalue weighted by atomic mass is 10.1. The van der Waals surface area contributed by atoms with Crippen molar-refractivity contribution in [3.05, 3.63) is 48.0 Å². The lowest BCUT2D eigenvalue weighted by Crippen LogP contribution is -2.42. The minimum atomic E-state index is -0.980. The van der Waals surface area contributed by atoms with Gasteiger partial charge in [0.05, 0.1) is 12.2 Å². The van der Waals surface area contributed by atoms with Gasteiger partial charge >= 0.3 is 12.0 Å². The molecule has 114 valence electrons. The highest BCUT2D eigenvalue weighted by Gasteiger charge is 2.16. The number of carbonyl (C=O) groups excluding carboxylic acids is 1. The molecule has 0 saturated carbocycles. The normalized spacial score (nSPS) is 10.0. The molecule has 0 heterocycles. The molecule has 0 aromatic heterocycles. The van der Waals surface area contributed by atoms with Crippen LogP contribution < -0.4 is 0 Å². The van der Waals surface area contributed by atoms with Gasteiger partial charge in [-0.05, 0) is 17.7 Å². The summed E-state index contributed by atoms with van der Waals surface area (Å²) in [6, 6.07) is 6.15. The molecule has 0 saturated heterocycles. The number of rotatable bonds is 7. The first-order valence-corrected chi connectivity index (χ1v) is 6.53. The van der Waals surface area contributed by atoms with Crippen LogP contribution in [0.5, 0.6) is 0 Å². The minimum absolute atomic E-state index is 0.110. The fourth-order valence-electron chi connectivity index (χ4n) is 1.88. The Hall–Kier alpha value is -2.34. The molecule has 1 aromatic carbocycles. The first-order chi connectivity index (χ1) is 9.99. The molecule has 6 nitrogen and oxygen atoms in total. The highest BCUT2D eigenvalue weighted by molar-refractivity contribution is 5.87. The van der Waals surface area contributed by atoms with E-state index in [0.717, 1.165) is 5.56 Å². The van der Waals surface area contributed by atoms with E-state index >= 15 is 0 Å². The van der Waals surface area contributed by atoms with Crippen molar-refractivity contribution < 1.29 is 19.8 Å². The van der Waals surface area contributed by atoms with E-state index in [1.807, 2.05) is 0 Å². The van der Waals surface area contributed by atoms with Crippen LogP contribution in [0.15, 0.2) is 36.9 Å². The number of hydrogen-bond acceptors (Lipinski definition) is 3.